The molecular weight excluding hydrogens is 417 g/mol. The van der Waals surface area contributed by atoms with Gasteiger partial charge in [-0.05, 0) is 49.2 Å². The zero-order valence-corrected chi connectivity index (χ0v) is 17.7. The molecule has 170 valence electrons. The number of nitrogens with one attached hydrogen (secondary N) is 3. The van der Waals surface area contributed by atoms with E-state index in [4.69, 9.17) is 4.74 Å². The number of hydrogen-bond acceptors (Lipinski definition) is 5. The predicted octanol–water partition coefficient (Wildman–Crippen LogP) is 2.75. The van der Waals surface area contributed by atoms with E-state index >= 15 is 0 Å². The first-order valence-electron chi connectivity index (χ1n) is 10.3. The van der Waals surface area contributed by atoms with E-state index in [1.54, 1.807) is 6.07 Å². The van der Waals surface area contributed by atoms with Crippen LogP contribution in [0.2, 0.25) is 0 Å². The highest BCUT2D eigenvalue weighted by molar-refractivity contribution is 5.83. The number of aliphatic hydroxyl groups excluding tert-OH is 1. The summed E-state index contributed by atoms with van der Waals surface area (Å²) in [7, 11) is 0. The maximum Gasteiger partial charge on any atom is 0.269 e. The number of aromatic nitrogens is 1. The van der Waals surface area contributed by atoms with Crippen molar-refractivity contribution in [2.45, 2.75) is 19.4 Å². The Hall–Kier alpha value is -3.66. The molecule has 1 unspecified atom stereocenters. The molecule has 3 rings (SSSR count). The van der Waals surface area contributed by atoms with Crippen LogP contribution in [0.3, 0.4) is 0 Å². The lowest BCUT2D eigenvalue weighted by Crippen LogP contribution is -2.39. The van der Waals surface area contributed by atoms with Crippen molar-refractivity contribution < 1.29 is 19.2 Å². The Morgan fingerprint density at radius 2 is 2.06 bits per heavy atom. The number of aromatic amines is 1. The zero-order chi connectivity index (χ0) is 22.9. The Bertz CT molecular complexity index is 1070. The third-order valence-electron chi connectivity index (χ3n) is 4.71. The number of halogens is 1. The molecule has 1 aromatic heterocycles. The summed E-state index contributed by atoms with van der Waals surface area (Å²) < 4.78 is 19.0. The molecule has 0 bridgehead atoms. The van der Waals surface area contributed by atoms with Gasteiger partial charge in [0.15, 0.2) is 5.96 Å². The Kier molecular flexibility index (Phi) is 7.98. The first-order valence-corrected chi connectivity index (χ1v) is 10.3. The summed E-state index contributed by atoms with van der Waals surface area (Å²) in [6.07, 6.45) is 1.69. The van der Waals surface area contributed by atoms with E-state index in [9.17, 15) is 19.6 Å². The van der Waals surface area contributed by atoms with Crippen LogP contribution in [0, 0.1) is 15.9 Å². The van der Waals surface area contributed by atoms with Crippen molar-refractivity contribution in [2.24, 2.45) is 4.99 Å². The molecule has 0 amide bonds. The average molecular weight is 443 g/mol. The number of non-ortho nitro benzene ring substituents is 1. The van der Waals surface area contributed by atoms with Crippen LogP contribution in [0.5, 0.6) is 5.75 Å². The first kappa shape index (κ1) is 23.0. The largest absolute Gasteiger partial charge is 0.491 e. The summed E-state index contributed by atoms with van der Waals surface area (Å²) >= 11 is 0. The topological polar surface area (TPSA) is 125 Å². The summed E-state index contributed by atoms with van der Waals surface area (Å²) in [5.41, 5.74) is 1.86. The molecule has 0 aliphatic carbocycles. The van der Waals surface area contributed by atoms with Crippen LogP contribution < -0.4 is 15.4 Å². The van der Waals surface area contributed by atoms with E-state index < -0.39 is 11.0 Å². The average Bonchev–Trinajstić information content (AvgIpc) is 3.18. The van der Waals surface area contributed by atoms with Gasteiger partial charge in [-0.1, -0.05) is 0 Å². The third-order valence-corrected chi connectivity index (χ3v) is 4.71. The van der Waals surface area contributed by atoms with Crippen molar-refractivity contribution in [1.82, 2.24) is 15.6 Å². The van der Waals surface area contributed by atoms with Crippen molar-refractivity contribution in [3.8, 4) is 5.75 Å². The number of ether oxygens (including phenoxy) is 1. The minimum absolute atomic E-state index is 0.00161. The maximum atomic E-state index is 13.5. The Morgan fingerprint density at radius 1 is 1.28 bits per heavy atom. The second-order valence-electron chi connectivity index (χ2n) is 7.12. The van der Waals surface area contributed by atoms with Gasteiger partial charge in [-0.15, -0.1) is 0 Å². The fraction of sp³-hybridized carbons (Fsp3) is 0.318. The van der Waals surface area contributed by atoms with Crippen molar-refractivity contribution in [1.29, 1.82) is 0 Å². The number of nitrogens with zero attached hydrogens (tertiary/aromatic N) is 2. The third kappa shape index (κ3) is 6.42. The van der Waals surface area contributed by atoms with Crippen molar-refractivity contribution in [2.75, 3.05) is 26.2 Å². The van der Waals surface area contributed by atoms with Gasteiger partial charge in [0.05, 0.1) is 11.5 Å². The van der Waals surface area contributed by atoms with Gasteiger partial charge in [-0.25, -0.2) is 4.39 Å². The molecule has 0 aliphatic rings. The fourth-order valence-electron chi connectivity index (χ4n) is 3.12. The monoisotopic (exact) mass is 443 g/mol. The van der Waals surface area contributed by atoms with E-state index in [2.05, 4.69) is 20.6 Å². The predicted molar refractivity (Wildman–Crippen MR) is 121 cm³/mol. The minimum Gasteiger partial charge on any atom is -0.491 e. The number of nitro groups is 1. The van der Waals surface area contributed by atoms with E-state index in [1.807, 2.05) is 13.1 Å². The van der Waals surface area contributed by atoms with Crippen molar-refractivity contribution in [3.05, 3.63) is 70.2 Å². The number of aliphatic hydroxyl groups is 1. The number of aliphatic imine (C=N–C) groups is 1. The molecule has 9 nitrogen and oxygen atoms in total. The molecular formula is C22H26FN5O4. The molecule has 10 heteroatoms. The van der Waals surface area contributed by atoms with Gasteiger partial charge in [0.2, 0.25) is 0 Å². The van der Waals surface area contributed by atoms with Gasteiger partial charge in [0.1, 0.15) is 24.3 Å². The van der Waals surface area contributed by atoms with Gasteiger partial charge in [0.25, 0.3) is 5.69 Å². The molecule has 2 aromatic carbocycles. The number of guanidine groups is 1. The number of H-pyrrole nitrogens is 1. The standard InChI is InChI=1S/C22H26FN5O4/c1-2-24-22(25-10-9-15-12-26-21-8-3-16(23)11-20(15)21)27-13-18(29)14-32-19-6-4-17(5-7-19)28(30)31/h3-8,11-12,18,26,29H,2,9-10,13-14H2,1H3,(H2,24,25,27). The molecule has 32 heavy (non-hydrogen) atoms. The summed E-state index contributed by atoms with van der Waals surface area (Å²) in [6.45, 7) is 3.28. The van der Waals surface area contributed by atoms with E-state index in [-0.39, 0.29) is 24.7 Å². The van der Waals surface area contributed by atoms with Crippen LogP contribution >= 0.6 is 0 Å². The molecule has 0 fully saturated rings. The highest BCUT2D eigenvalue weighted by Gasteiger charge is 2.09. The summed E-state index contributed by atoms with van der Waals surface area (Å²) in [5, 5.41) is 28.0. The Labute approximate surface area is 184 Å². The van der Waals surface area contributed by atoms with Crippen LogP contribution in [-0.2, 0) is 6.42 Å². The SMILES string of the molecule is CCNC(=NCC(O)COc1ccc([N+](=O)[O-])cc1)NCCc1c[nH]c2ccc(F)cc12. The summed E-state index contributed by atoms with van der Waals surface area (Å²) in [5.74, 6) is 0.706. The van der Waals surface area contributed by atoms with Crippen LogP contribution in [0.25, 0.3) is 10.9 Å². The normalized spacial score (nSPS) is 12.5. The summed E-state index contributed by atoms with van der Waals surface area (Å²) in [4.78, 5) is 17.7. The van der Waals surface area contributed by atoms with Gasteiger partial charge in [0, 0.05) is 42.3 Å². The fourth-order valence-corrected chi connectivity index (χ4v) is 3.12. The number of fused-ring (bicyclic) bond motifs is 1. The highest BCUT2D eigenvalue weighted by atomic mass is 19.1. The number of nitro benzene ring substituents is 1. The number of rotatable bonds is 10. The minimum atomic E-state index is -0.850. The van der Waals surface area contributed by atoms with Gasteiger partial charge in [-0.2, -0.15) is 0 Å². The molecule has 1 atom stereocenters. The van der Waals surface area contributed by atoms with Crippen molar-refractivity contribution in [3.63, 3.8) is 0 Å². The number of benzene rings is 2. The molecule has 0 spiro atoms. The number of hydrogen-bond donors (Lipinski definition) is 4. The molecule has 3 aromatic rings. The maximum absolute atomic E-state index is 13.5. The second kappa shape index (κ2) is 11.1. The highest BCUT2D eigenvalue weighted by Crippen LogP contribution is 2.19. The molecule has 1 heterocycles. The lowest BCUT2D eigenvalue weighted by atomic mass is 10.1. The molecule has 0 radical (unpaired) electrons. The van der Waals surface area contributed by atoms with Crippen LogP contribution in [0.4, 0.5) is 10.1 Å². The van der Waals surface area contributed by atoms with Crippen LogP contribution in [0.1, 0.15) is 12.5 Å². The smallest absolute Gasteiger partial charge is 0.269 e. The van der Waals surface area contributed by atoms with Gasteiger partial charge >= 0.3 is 0 Å². The zero-order valence-electron chi connectivity index (χ0n) is 17.7. The quantitative estimate of drug-likeness (QED) is 0.165. The second-order valence-corrected chi connectivity index (χ2v) is 7.12. The van der Waals surface area contributed by atoms with E-state index in [1.165, 1.54) is 36.4 Å². The lowest BCUT2D eigenvalue weighted by Gasteiger charge is -2.14. The molecule has 4 N–H and O–H groups in total. The Morgan fingerprint density at radius 3 is 2.78 bits per heavy atom. The lowest BCUT2D eigenvalue weighted by molar-refractivity contribution is -0.384. The van der Waals surface area contributed by atoms with Crippen molar-refractivity contribution >= 4 is 22.5 Å². The molecule has 0 saturated heterocycles. The molecule has 0 aliphatic heterocycles. The van der Waals surface area contributed by atoms with Crippen LogP contribution in [-0.4, -0.2) is 53.3 Å². The molecule has 0 saturated carbocycles. The van der Waals surface area contributed by atoms with Gasteiger partial charge < -0.3 is 25.5 Å². The summed E-state index contributed by atoms with van der Waals surface area (Å²) in [6, 6.07) is 10.3. The van der Waals surface area contributed by atoms with Crippen LogP contribution in [0.15, 0.2) is 53.7 Å². The Balaban J connectivity index is 1.48. The van der Waals surface area contributed by atoms with E-state index in [0.29, 0.717) is 31.2 Å². The first-order chi connectivity index (χ1) is 15.5. The van der Waals surface area contributed by atoms with E-state index in [0.717, 1.165) is 16.5 Å². The van der Waals surface area contributed by atoms with Gasteiger partial charge in [-0.3, -0.25) is 15.1 Å².